The minimum absolute atomic E-state index is 0.341. The van der Waals surface area contributed by atoms with E-state index in [1.165, 1.54) is 19.3 Å². The number of piperidine rings is 1. The lowest BCUT2D eigenvalue weighted by Gasteiger charge is -2.26. The molecule has 110 valence electrons. The van der Waals surface area contributed by atoms with E-state index in [-0.39, 0.29) is 0 Å². The Balaban J connectivity index is 1.99. The van der Waals surface area contributed by atoms with Crippen LogP contribution in [-0.4, -0.2) is 37.0 Å². The zero-order valence-electron chi connectivity index (χ0n) is 11.5. The molecule has 0 saturated carbocycles. The van der Waals surface area contributed by atoms with Gasteiger partial charge in [-0.05, 0) is 38.1 Å². The van der Waals surface area contributed by atoms with Crippen molar-refractivity contribution in [2.45, 2.75) is 19.3 Å². The molecule has 0 aromatic heterocycles. The van der Waals surface area contributed by atoms with Gasteiger partial charge in [-0.3, -0.25) is 4.79 Å². The van der Waals surface area contributed by atoms with Crippen LogP contribution in [0.5, 0.6) is 0 Å². The van der Waals surface area contributed by atoms with Crippen LogP contribution in [0.2, 0.25) is 5.02 Å². The lowest BCUT2D eigenvalue weighted by Crippen LogP contribution is -2.34. The Bertz CT molecular complexity index is 486. The molecule has 1 amide bonds. The third kappa shape index (κ3) is 3.77. The molecule has 2 rings (SSSR count). The average Bonchev–Trinajstić information content (AvgIpc) is 2.41. The largest absolute Gasteiger partial charge is 0.399 e. The number of halogens is 1. The summed E-state index contributed by atoms with van der Waals surface area (Å²) in [6.45, 7) is 3.93. The van der Waals surface area contributed by atoms with Gasteiger partial charge in [-0.15, -0.1) is 0 Å². The lowest BCUT2D eigenvalue weighted by molar-refractivity contribution is 0.100. The number of benzene rings is 1. The van der Waals surface area contributed by atoms with Crippen LogP contribution in [0.15, 0.2) is 12.1 Å². The monoisotopic (exact) mass is 296 g/mol. The van der Waals surface area contributed by atoms with Crippen molar-refractivity contribution in [2.24, 2.45) is 5.73 Å². The fourth-order valence-corrected chi connectivity index (χ4v) is 2.82. The normalized spacial score (nSPS) is 16.1. The third-order valence-corrected chi connectivity index (χ3v) is 3.85. The molecule has 1 aliphatic heterocycles. The van der Waals surface area contributed by atoms with E-state index in [1.807, 2.05) is 0 Å². The van der Waals surface area contributed by atoms with Crippen molar-refractivity contribution in [3.63, 3.8) is 0 Å². The van der Waals surface area contributed by atoms with Crippen LogP contribution in [-0.2, 0) is 0 Å². The van der Waals surface area contributed by atoms with E-state index >= 15 is 0 Å². The van der Waals surface area contributed by atoms with Gasteiger partial charge in [0.2, 0.25) is 0 Å². The Morgan fingerprint density at radius 2 is 2.00 bits per heavy atom. The molecule has 0 atom stereocenters. The molecule has 1 fully saturated rings. The maximum absolute atomic E-state index is 11.4. The Hall–Kier alpha value is -1.46. The summed E-state index contributed by atoms with van der Waals surface area (Å²) in [6, 6.07) is 3.18. The molecule has 1 aromatic carbocycles. The van der Waals surface area contributed by atoms with Crippen LogP contribution in [0.4, 0.5) is 11.4 Å². The number of nitrogen functional groups attached to an aromatic ring is 1. The number of hydrogen-bond donors (Lipinski definition) is 3. The van der Waals surface area contributed by atoms with Gasteiger partial charge in [-0.25, -0.2) is 0 Å². The van der Waals surface area contributed by atoms with Gasteiger partial charge in [0, 0.05) is 18.8 Å². The maximum Gasteiger partial charge on any atom is 0.250 e. The topological polar surface area (TPSA) is 84.4 Å². The predicted octanol–water partition coefficient (Wildman–Crippen LogP) is 1.92. The zero-order valence-corrected chi connectivity index (χ0v) is 12.2. The zero-order chi connectivity index (χ0) is 14.5. The second-order valence-corrected chi connectivity index (χ2v) is 5.53. The van der Waals surface area contributed by atoms with Crippen molar-refractivity contribution in [1.29, 1.82) is 0 Å². The quantitative estimate of drug-likeness (QED) is 0.725. The van der Waals surface area contributed by atoms with Crippen LogP contribution >= 0.6 is 11.6 Å². The SMILES string of the molecule is NC(=O)c1cc(N)cc(Cl)c1NCCN1CCCCC1. The molecule has 5 nitrogen and oxygen atoms in total. The summed E-state index contributed by atoms with van der Waals surface area (Å²) in [5, 5.41) is 3.64. The first-order valence-corrected chi connectivity index (χ1v) is 7.31. The Kier molecular flexibility index (Phi) is 5.09. The highest BCUT2D eigenvalue weighted by Crippen LogP contribution is 2.28. The van der Waals surface area contributed by atoms with Crippen LogP contribution in [0.3, 0.4) is 0 Å². The molecule has 1 heterocycles. The minimum atomic E-state index is -0.528. The average molecular weight is 297 g/mol. The van der Waals surface area contributed by atoms with E-state index < -0.39 is 5.91 Å². The van der Waals surface area contributed by atoms with Crippen molar-refractivity contribution in [3.05, 3.63) is 22.7 Å². The van der Waals surface area contributed by atoms with Crippen molar-refractivity contribution in [2.75, 3.05) is 37.2 Å². The smallest absolute Gasteiger partial charge is 0.250 e. The molecule has 1 aromatic rings. The summed E-state index contributed by atoms with van der Waals surface area (Å²) >= 11 is 6.14. The van der Waals surface area contributed by atoms with Crippen molar-refractivity contribution in [3.8, 4) is 0 Å². The molecule has 6 heteroatoms. The highest BCUT2D eigenvalue weighted by Gasteiger charge is 2.14. The Morgan fingerprint density at radius 1 is 1.30 bits per heavy atom. The number of hydrogen-bond acceptors (Lipinski definition) is 4. The number of amides is 1. The van der Waals surface area contributed by atoms with Gasteiger partial charge < -0.3 is 21.7 Å². The summed E-state index contributed by atoms with van der Waals surface area (Å²) in [5.74, 6) is -0.528. The molecule has 0 radical (unpaired) electrons. The first-order valence-electron chi connectivity index (χ1n) is 6.93. The fourth-order valence-electron chi connectivity index (χ4n) is 2.52. The van der Waals surface area contributed by atoms with E-state index in [1.54, 1.807) is 12.1 Å². The number of anilines is 2. The summed E-state index contributed by atoms with van der Waals surface area (Å²) in [4.78, 5) is 13.9. The fraction of sp³-hybridized carbons (Fsp3) is 0.500. The summed E-state index contributed by atoms with van der Waals surface area (Å²) in [5.41, 5.74) is 12.4. The predicted molar refractivity (Wildman–Crippen MR) is 83.2 cm³/mol. The molecule has 0 bridgehead atoms. The van der Waals surface area contributed by atoms with Gasteiger partial charge in [0.25, 0.3) is 5.91 Å². The summed E-state index contributed by atoms with van der Waals surface area (Å²) in [7, 11) is 0. The van der Waals surface area contributed by atoms with Crippen LogP contribution in [0, 0.1) is 0 Å². The molecular weight excluding hydrogens is 276 g/mol. The standard InChI is InChI=1S/C14H21ClN4O/c15-12-9-10(16)8-11(14(17)20)13(12)18-4-7-19-5-2-1-3-6-19/h8-9,18H,1-7,16H2,(H2,17,20). The second kappa shape index (κ2) is 6.81. The molecule has 1 saturated heterocycles. The van der Waals surface area contributed by atoms with Crippen LogP contribution < -0.4 is 16.8 Å². The van der Waals surface area contributed by atoms with Crippen molar-refractivity contribution in [1.82, 2.24) is 4.90 Å². The van der Waals surface area contributed by atoms with Gasteiger partial charge in [-0.2, -0.15) is 0 Å². The number of nitrogens with one attached hydrogen (secondary N) is 1. The second-order valence-electron chi connectivity index (χ2n) is 5.12. The summed E-state index contributed by atoms with van der Waals surface area (Å²) in [6.07, 6.45) is 3.84. The van der Waals surface area contributed by atoms with Crippen LogP contribution in [0.1, 0.15) is 29.6 Å². The maximum atomic E-state index is 11.4. The van der Waals surface area contributed by atoms with Gasteiger partial charge in [-0.1, -0.05) is 18.0 Å². The molecule has 0 spiro atoms. The minimum Gasteiger partial charge on any atom is -0.399 e. The van der Waals surface area contributed by atoms with Gasteiger partial charge in [0.15, 0.2) is 0 Å². The lowest BCUT2D eigenvalue weighted by atomic mass is 10.1. The highest BCUT2D eigenvalue weighted by atomic mass is 35.5. The van der Waals surface area contributed by atoms with Gasteiger partial charge in [0.05, 0.1) is 16.3 Å². The third-order valence-electron chi connectivity index (χ3n) is 3.56. The van der Waals surface area contributed by atoms with E-state index in [4.69, 9.17) is 23.1 Å². The van der Waals surface area contributed by atoms with E-state index in [0.717, 1.165) is 26.2 Å². The first kappa shape index (κ1) is 14.9. The van der Waals surface area contributed by atoms with E-state index in [9.17, 15) is 4.79 Å². The number of likely N-dealkylation sites (tertiary alicyclic amines) is 1. The number of nitrogens with zero attached hydrogens (tertiary/aromatic N) is 1. The number of carbonyl (C=O) groups excluding carboxylic acids is 1. The summed E-state index contributed by atoms with van der Waals surface area (Å²) < 4.78 is 0. The molecule has 5 N–H and O–H groups in total. The van der Waals surface area contributed by atoms with Gasteiger partial charge in [0.1, 0.15) is 0 Å². The molecule has 1 aliphatic rings. The Labute approximate surface area is 124 Å². The van der Waals surface area contributed by atoms with Gasteiger partial charge >= 0.3 is 0 Å². The molecule has 0 aliphatic carbocycles. The van der Waals surface area contributed by atoms with Crippen molar-refractivity contribution >= 4 is 28.9 Å². The van der Waals surface area contributed by atoms with E-state index in [2.05, 4.69) is 10.2 Å². The first-order chi connectivity index (χ1) is 9.58. The number of nitrogens with two attached hydrogens (primary N) is 2. The van der Waals surface area contributed by atoms with Crippen LogP contribution in [0.25, 0.3) is 0 Å². The number of rotatable bonds is 5. The number of primary amides is 1. The number of carbonyl (C=O) groups is 1. The molecule has 20 heavy (non-hydrogen) atoms. The molecular formula is C14H21ClN4O. The molecule has 0 unspecified atom stereocenters. The highest BCUT2D eigenvalue weighted by molar-refractivity contribution is 6.34. The van der Waals surface area contributed by atoms with E-state index in [0.29, 0.717) is 22.0 Å². The van der Waals surface area contributed by atoms with Crippen molar-refractivity contribution < 1.29 is 4.79 Å². The Morgan fingerprint density at radius 3 is 2.65 bits per heavy atom.